The molecule has 2 N–H and O–H groups in total. The molecule has 20 heavy (non-hydrogen) atoms. The standard InChI is InChI=1S/C15H23ClN2O2/c1-3-20-15-5-4-12(16)9-14(15)18-11(2)8-13-10-19-7-6-17-13/h4-5,9,11,13,17-18H,3,6-8,10H2,1-2H3. The second-order valence-corrected chi connectivity index (χ2v) is 5.52. The van der Waals surface area contributed by atoms with Gasteiger partial charge in [0.25, 0.3) is 0 Å². The van der Waals surface area contributed by atoms with Gasteiger partial charge < -0.3 is 20.1 Å². The summed E-state index contributed by atoms with van der Waals surface area (Å²) in [5.41, 5.74) is 0.948. The molecule has 1 aromatic rings. The minimum Gasteiger partial charge on any atom is -0.492 e. The average molecular weight is 299 g/mol. The molecule has 0 spiro atoms. The highest BCUT2D eigenvalue weighted by atomic mass is 35.5. The van der Waals surface area contributed by atoms with E-state index >= 15 is 0 Å². The van der Waals surface area contributed by atoms with E-state index in [4.69, 9.17) is 21.1 Å². The number of rotatable bonds is 6. The lowest BCUT2D eigenvalue weighted by Crippen LogP contribution is -2.43. The van der Waals surface area contributed by atoms with Crippen LogP contribution in [0.4, 0.5) is 5.69 Å². The molecule has 112 valence electrons. The van der Waals surface area contributed by atoms with Crippen molar-refractivity contribution in [2.45, 2.75) is 32.4 Å². The number of halogens is 1. The van der Waals surface area contributed by atoms with Gasteiger partial charge in [-0.2, -0.15) is 0 Å². The smallest absolute Gasteiger partial charge is 0.142 e. The van der Waals surface area contributed by atoms with Gasteiger partial charge >= 0.3 is 0 Å². The number of hydrogen-bond donors (Lipinski definition) is 2. The highest BCUT2D eigenvalue weighted by Crippen LogP contribution is 2.29. The van der Waals surface area contributed by atoms with Gasteiger partial charge in [-0.05, 0) is 38.5 Å². The summed E-state index contributed by atoms with van der Waals surface area (Å²) in [5, 5.41) is 7.65. The van der Waals surface area contributed by atoms with Gasteiger partial charge in [-0.15, -0.1) is 0 Å². The van der Waals surface area contributed by atoms with E-state index in [0.29, 0.717) is 23.7 Å². The third-order valence-corrected chi connectivity index (χ3v) is 3.51. The van der Waals surface area contributed by atoms with Crippen LogP contribution in [0.5, 0.6) is 5.75 Å². The Morgan fingerprint density at radius 1 is 1.55 bits per heavy atom. The first kappa shape index (κ1) is 15.4. The highest BCUT2D eigenvalue weighted by Gasteiger charge is 2.17. The molecule has 5 heteroatoms. The summed E-state index contributed by atoms with van der Waals surface area (Å²) in [5.74, 6) is 0.844. The maximum Gasteiger partial charge on any atom is 0.142 e. The van der Waals surface area contributed by atoms with Gasteiger partial charge in [0.15, 0.2) is 0 Å². The van der Waals surface area contributed by atoms with Gasteiger partial charge in [0, 0.05) is 23.7 Å². The lowest BCUT2D eigenvalue weighted by atomic mass is 10.1. The molecule has 0 aromatic heterocycles. The second kappa shape index (κ2) is 7.72. The van der Waals surface area contributed by atoms with Crippen LogP contribution in [0, 0.1) is 0 Å². The van der Waals surface area contributed by atoms with Gasteiger partial charge in [-0.3, -0.25) is 0 Å². The van der Waals surface area contributed by atoms with Crippen molar-refractivity contribution in [2.24, 2.45) is 0 Å². The number of benzene rings is 1. The molecule has 1 aromatic carbocycles. The molecule has 1 heterocycles. The van der Waals surface area contributed by atoms with Crippen molar-refractivity contribution in [3.63, 3.8) is 0 Å². The first-order valence-electron chi connectivity index (χ1n) is 7.19. The summed E-state index contributed by atoms with van der Waals surface area (Å²) >= 11 is 6.06. The molecule has 2 atom stereocenters. The second-order valence-electron chi connectivity index (χ2n) is 5.08. The molecule has 1 fully saturated rings. The molecule has 0 bridgehead atoms. The van der Waals surface area contributed by atoms with Crippen LogP contribution in [-0.4, -0.2) is 38.4 Å². The van der Waals surface area contributed by atoms with E-state index in [0.717, 1.165) is 37.6 Å². The van der Waals surface area contributed by atoms with Crippen molar-refractivity contribution in [3.05, 3.63) is 23.2 Å². The topological polar surface area (TPSA) is 42.5 Å². The molecule has 0 saturated carbocycles. The van der Waals surface area contributed by atoms with Gasteiger partial charge in [-0.25, -0.2) is 0 Å². The third-order valence-electron chi connectivity index (χ3n) is 3.28. The fourth-order valence-corrected chi connectivity index (χ4v) is 2.59. The number of nitrogens with one attached hydrogen (secondary N) is 2. The van der Waals surface area contributed by atoms with Gasteiger partial charge in [0.2, 0.25) is 0 Å². The van der Waals surface area contributed by atoms with Crippen LogP contribution in [0.25, 0.3) is 0 Å². The van der Waals surface area contributed by atoms with Crippen molar-refractivity contribution in [1.29, 1.82) is 0 Å². The summed E-state index contributed by atoms with van der Waals surface area (Å²) in [6.07, 6.45) is 0.998. The van der Waals surface area contributed by atoms with E-state index in [-0.39, 0.29) is 0 Å². The van der Waals surface area contributed by atoms with Crippen LogP contribution in [0.15, 0.2) is 18.2 Å². The zero-order valence-corrected chi connectivity index (χ0v) is 12.9. The Hall–Kier alpha value is -0.970. The van der Waals surface area contributed by atoms with E-state index in [1.54, 1.807) is 0 Å². The van der Waals surface area contributed by atoms with Crippen molar-refractivity contribution in [3.8, 4) is 5.75 Å². The maximum atomic E-state index is 6.06. The summed E-state index contributed by atoms with van der Waals surface area (Å²) in [6, 6.07) is 6.38. The zero-order chi connectivity index (χ0) is 14.4. The fraction of sp³-hybridized carbons (Fsp3) is 0.600. The molecule has 0 amide bonds. The Morgan fingerprint density at radius 3 is 3.10 bits per heavy atom. The number of anilines is 1. The summed E-state index contributed by atoms with van der Waals surface area (Å²) in [6.45, 7) is 7.29. The van der Waals surface area contributed by atoms with Crippen molar-refractivity contribution >= 4 is 17.3 Å². The molecular formula is C15H23ClN2O2. The number of ether oxygens (including phenoxy) is 2. The Labute approximate surface area is 125 Å². The largest absolute Gasteiger partial charge is 0.492 e. The van der Waals surface area contributed by atoms with E-state index in [1.165, 1.54) is 0 Å². The minimum atomic E-state index is 0.312. The lowest BCUT2D eigenvalue weighted by molar-refractivity contribution is 0.0731. The molecule has 0 radical (unpaired) electrons. The first-order chi connectivity index (χ1) is 9.69. The Balaban J connectivity index is 1.95. The lowest BCUT2D eigenvalue weighted by Gasteiger charge is -2.27. The molecule has 1 saturated heterocycles. The predicted molar refractivity (Wildman–Crippen MR) is 82.9 cm³/mol. The molecule has 1 aliphatic heterocycles. The molecule has 2 rings (SSSR count). The van der Waals surface area contributed by atoms with Crippen molar-refractivity contribution in [2.75, 3.05) is 31.7 Å². The van der Waals surface area contributed by atoms with Crippen LogP contribution in [-0.2, 0) is 4.74 Å². The molecular weight excluding hydrogens is 276 g/mol. The van der Waals surface area contributed by atoms with Gasteiger partial charge in [0.05, 0.1) is 25.5 Å². The van der Waals surface area contributed by atoms with E-state index in [1.807, 2.05) is 25.1 Å². The van der Waals surface area contributed by atoms with Crippen LogP contribution in [0.1, 0.15) is 20.3 Å². The zero-order valence-electron chi connectivity index (χ0n) is 12.1. The third kappa shape index (κ3) is 4.54. The van der Waals surface area contributed by atoms with Crippen LogP contribution >= 0.6 is 11.6 Å². The van der Waals surface area contributed by atoms with Crippen molar-refractivity contribution in [1.82, 2.24) is 5.32 Å². The molecule has 2 unspecified atom stereocenters. The Kier molecular flexibility index (Phi) is 5.95. The summed E-state index contributed by atoms with van der Waals surface area (Å²) in [7, 11) is 0. The quantitative estimate of drug-likeness (QED) is 0.847. The minimum absolute atomic E-state index is 0.312. The normalized spacial score (nSPS) is 20.4. The van der Waals surface area contributed by atoms with E-state index in [9.17, 15) is 0 Å². The molecule has 0 aliphatic carbocycles. The van der Waals surface area contributed by atoms with Crippen LogP contribution in [0.3, 0.4) is 0 Å². The van der Waals surface area contributed by atoms with E-state index in [2.05, 4.69) is 17.6 Å². The van der Waals surface area contributed by atoms with Crippen molar-refractivity contribution < 1.29 is 9.47 Å². The summed E-state index contributed by atoms with van der Waals surface area (Å²) in [4.78, 5) is 0. The molecule has 1 aliphatic rings. The van der Waals surface area contributed by atoms with E-state index < -0.39 is 0 Å². The van der Waals surface area contributed by atoms with Gasteiger partial charge in [0.1, 0.15) is 5.75 Å². The van der Waals surface area contributed by atoms with Gasteiger partial charge in [-0.1, -0.05) is 11.6 Å². The molecule has 4 nitrogen and oxygen atoms in total. The number of morpholine rings is 1. The number of hydrogen-bond acceptors (Lipinski definition) is 4. The monoisotopic (exact) mass is 298 g/mol. The summed E-state index contributed by atoms with van der Waals surface area (Å²) < 4.78 is 11.1. The average Bonchev–Trinajstić information content (AvgIpc) is 2.43. The van der Waals surface area contributed by atoms with Crippen LogP contribution in [0.2, 0.25) is 5.02 Å². The Morgan fingerprint density at radius 2 is 2.40 bits per heavy atom. The SMILES string of the molecule is CCOc1ccc(Cl)cc1NC(C)CC1COCCN1. The van der Waals surface area contributed by atoms with Crippen LogP contribution < -0.4 is 15.4 Å². The highest BCUT2D eigenvalue weighted by molar-refractivity contribution is 6.30. The Bertz CT molecular complexity index is 422. The maximum absolute atomic E-state index is 6.06. The fourth-order valence-electron chi connectivity index (χ4n) is 2.42. The first-order valence-corrected chi connectivity index (χ1v) is 7.57. The predicted octanol–water partition coefficient (Wildman–Crippen LogP) is 2.92.